The van der Waals surface area contributed by atoms with Gasteiger partial charge in [-0.2, -0.15) is 0 Å². The molecule has 1 heterocycles. The van der Waals surface area contributed by atoms with Gasteiger partial charge >= 0.3 is 5.97 Å². The lowest BCUT2D eigenvalue weighted by atomic mass is 10.1. The van der Waals surface area contributed by atoms with Gasteiger partial charge in [0.05, 0.1) is 6.10 Å². The summed E-state index contributed by atoms with van der Waals surface area (Å²) in [7, 11) is 0. The number of carbonyl (C=O) groups excluding carboxylic acids is 1. The van der Waals surface area contributed by atoms with Crippen LogP contribution in [0.3, 0.4) is 0 Å². The number of rotatable bonds is 4. The van der Waals surface area contributed by atoms with E-state index in [0.29, 0.717) is 24.0 Å². The van der Waals surface area contributed by atoms with Crippen molar-refractivity contribution in [3.63, 3.8) is 0 Å². The number of hydrogen-bond acceptors (Lipinski definition) is 3. The SMILES string of the molecule is Cc1cc(F)ccc1C(=O)NCC1CCC(C(=O)O)O1. The number of amides is 1. The molecular weight excluding hydrogens is 265 g/mol. The van der Waals surface area contributed by atoms with E-state index in [2.05, 4.69) is 5.32 Å². The summed E-state index contributed by atoms with van der Waals surface area (Å²) >= 11 is 0. The second-order valence-corrected chi connectivity index (χ2v) is 4.83. The van der Waals surface area contributed by atoms with Gasteiger partial charge in [0, 0.05) is 12.1 Å². The minimum Gasteiger partial charge on any atom is -0.479 e. The van der Waals surface area contributed by atoms with Crippen LogP contribution in [0.25, 0.3) is 0 Å². The summed E-state index contributed by atoms with van der Waals surface area (Å²) in [6.45, 7) is 1.91. The Labute approximate surface area is 115 Å². The minimum atomic E-state index is -0.979. The summed E-state index contributed by atoms with van der Waals surface area (Å²) in [6, 6.07) is 3.95. The lowest BCUT2D eigenvalue weighted by molar-refractivity contribution is -0.149. The van der Waals surface area contributed by atoms with Crippen molar-refractivity contribution in [3.8, 4) is 0 Å². The monoisotopic (exact) mass is 281 g/mol. The van der Waals surface area contributed by atoms with Gasteiger partial charge in [-0.15, -0.1) is 0 Å². The van der Waals surface area contributed by atoms with Gasteiger partial charge in [-0.25, -0.2) is 9.18 Å². The average Bonchev–Trinajstić information content (AvgIpc) is 2.85. The fourth-order valence-corrected chi connectivity index (χ4v) is 2.22. The second kappa shape index (κ2) is 6.00. The van der Waals surface area contributed by atoms with Crippen LogP contribution >= 0.6 is 0 Å². The number of halogens is 1. The van der Waals surface area contributed by atoms with E-state index in [0.717, 1.165) is 0 Å². The van der Waals surface area contributed by atoms with Crippen molar-refractivity contribution >= 4 is 11.9 Å². The molecule has 1 aliphatic heterocycles. The highest BCUT2D eigenvalue weighted by atomic mass is 19.1. The average molecular weight is 281 g/mol. The molecule has 0 radical (unpaired) electrons. The van der Waals surface area contributed by atoms with Gasteiger partial charge in [0.25, 0.3) is 5.91 Å². The molecule has 1 saturated heterocycles. The van der Waals surface area contributed by atoms with Gasteiger partial charge in [0.1, 0.15) is 5.82 Å². The van der Waals surface area contributed by atoms with Crippen molar-refractivity contribution in [2.24, 2.45) is 0 Å². The summed E-state index contributed by atoms with van der Waals surface area (Å²) in [5.41, 5.74) is 0.956. The molecule has 1 fully saturated rings. The van der Waals surface area contributed by atoms with Crippen LogP contribution in [-0.4, -0.2) is 35.7 Å². The number of hydrogen-bond donors (Lipinski definition) is 2. The number of ether oxygens (including phenoxy) is 1. The van der Waals surface area contributed by atoms with E-state index in [1.165, 1.54) is 18.2 Å². The molecule has 2 N–H and O–H groups in total. The van der Waals surface area contributed by atoms with Gasteiger partial charge in [0.2, 0.25) is 0 Å². The maximum atomic E-state index is 13.0. The fraction of sp³-hybridized carbons (Fsp3) is 0.429. The van der Waals surface area contributed by atoms with Crippen LogP contribution < -0.4 is 5.32 Å². The first-order chi connectivity index (χ1) is 9.47. The van der Waals surface area contributed by atoms with Gasteiger partial charge in [-0.1, -0.05) is 0 Å². The Morgan fingerprint density at radius 1 is 1.45 bits per heavy atom. The van der Waals surface area contributed by atoms with Crippen LogP contribution in [0, 0.1) is 12.7 Å². The fourth-order valence-electron chi connectivity index (χ4n) is 2.22. The first-order valence-electron chi connectivity index (χ1n) is 6.40. The molecular formula is C14H16FNO4. The van der Waals surface area contributed by atoms with Crippen molar-refractivity contribution < 1.29 is 23.8 Å². The summed E-state index contributed by atoms with van der Waals surface area (Å²) in [4.78, 5) is 22.7. The maximum absolute atomic E-state index is 13.0. The minimum absolute atomic E-state index is 0.249. The highest BCUT2D eigenvalue weighted by Gasteiger charge is 2.30. The standard InChI is InChI=1S/C14H16FNO4/c1-8-6-9(15)2-4-11(8)13(17)16-7-10-3-5-12(20-10)14(18)19/h2,4,6,10,12H,3,5,7H2,1H3,(H,16,17)(H,18,19). The van der Waals surface area contributed by atoms with Gasteiger partial charge < -0.3 is 15.2 Å². The lowest BCUT2D eigenvalue weighted by Gasteiger charge is -2.13. The molecule has 0 aliphatic carbocycles. The molecule has 2 rings (SSSR count). The van der Waals surface area contributed by atoms with Gasteiger partial charge in [-0.3, -0.25) is 4.79 Å². The van der Waals surface area contributed by atoms with E-state index in [9.17, 15) is 14.0 Å². The maximum Gasteiger partial charge on any atom is 0.332 e. The number of nitrogens with one attached hydrogen (secondary N) is 1. The largest absolute Gasteiger partial charge is 0.479 e. The highest BCUT2D eigenvalue weighted by molar-refractivity contribution is 5.95. The number of aliphatic carboxylic acids is 1. The molecule has 1 amide bonds. The zero-order valence-corrected chi connectivity index (χ0v) is 11.1. The molecule has 2 unspecified atom stereocenters. The molecule has 1 aliphatic rings. The molecule has 1 aromatic rings. The van der Waals surface area contributed by atoms with Crippen LogP contribution in [0.1, 0.15) is 28.8 Å². The molecule has 5 nitrogen and oxygen atoms in total. The molecule has 1 aromatic carbocycles. The summed E-state index contributed by atoms with van der Waals surface area (Å²) in [6.07, 6.45) is -0.0317. The summed E-state index contributed by atoms with van der Waals surface area (Å²) < 4.78 is 18.2. The van der Waals surface area contributed by atoms with E-state index in [-0.39, 0.29) is 24.4 Å². The third-order valence-corrected chi connectivity index (χ3v) is 3.31. The van der Waals surface area contributed by atoms with Crippen LogP contribution in [0.15, 0.2) is 18.2 Å². The number of aryl methyl sites for hydroxylation is 1. The number of carboxylic acid groups (broad SMARTS) is 1. The summed E-state index contributed by atoms with van der Waals surface area (Å²) in [5.74, 6) is -1.68. The van der Waals surface area contributed by atoms with Crippen molar-refractivity contribution in [1.29, 1.82) is 0 Å². The predicted molar refractivity (Wildman–Crippen MR) is 69.0 cm³/mol. The van der Waals surface area contributed by atoms with Crippen molar-refractivity contribution in [1.82, 2.24) is 5.32 Å². The summed E-state index contributed by atoms with van der Waals surface area (Å²) in [5, 5.41) is 11.5. The Morgan fingerprint density at radius 2 is 2.20 bits per heavy atom. The number of carbonyl (C=O) groups is 2. The molecule has 108 valence electrons. The Balaban J connectivity index is 1.88. The molecule has 0 saturated carbocycles. The topological polar surface area (TPSA) is 75.6 Å². The van der Waals surface area contributed by atoms with Crippen molar-refractivity contribution in [2.75, 3.05) is 6.54 Å². The van der Waals surface area contributed by atoms with E-state index in [1.54, 1.807) is 6.92 Å². The van der Waals surface area contributed by atoms with E-state index in [1.807, 2.05) is 0 Å². The first-order valence-corrected chi connectivity index (χ1v) is 6.40. The van der Waals surface area contributed by atoms with Crippen molar-refractivity contribution in [2.45, 2.75) is 32.0 Å². The van der Waals surface area contributed by atoms with Crippen LogP contribution in [0.2, 0.25) is 0 Å². The third-order valence-electron chi connectivity index (χ3n) is 3.31. The Bertz CT molecular complexity index is 532. The molecule has 2 atom stereocenters. The zero-order valence-electron chi connectivity index (χ0n) is 11.1. The third kappa shape index (κ3) is 3.33. The Kier molecular flexibility index (Phi) is 4.34. The molecule has 0 aromatic heterocycles. The molecule has 6 heteroatoms. The normalized spacial score (nSPS) is 21.7. The van der Waals surface area contributed by atoms with Gasteiger partial charge in [0.15, 0.2) is 6.10 Å². The van der Waals surface area contributed by atoms with Crippen LogP contribution in [0.5, 0.6) is 0 Å². The Hall–Kier alpha value is -1.95. The van der Waals surface area contributed by atoms with Crippen molar-refractivity contribution in [3.05, 3.63) is 35.1 Å². The van der Waals surface area contributed by atoms with Crippen LogP contribution in [0.4, 0.5) is 4.39 Å². The first kappa shape index (κ1) is 14.5. The lowest BCUT2D eigenvalue weighted by Crippen LogP contribution is -2.33. The number of benzene rings is 1. The van der Waals surface area contributed by atoms with E-state index in [4.69, 9.17) is 9.84 Å². The molecule has 0 bridgehead atoms. The molecule has 20 heavy (non-hydrogen) atoms. The predicted octanol–water partition coefficient (Wildman–Crippen LogP) is 1.50. The quantitative estimate of drug-likeness (QED) is 0.877. The second-order valence-electron chi connectivity index (χ2n) is 4.83. The highest BCUT2D eigenvalue weighted by Crippen LogP contribution is 2.19. The van der Waals surface area contributed by atoms with Gasteiger partial charge in [-0.05, 0) is 43.5 Å². The van der Waals surface area contributed by atoms with E-state index < -0.39 is 12.1 Å². The molecule has 0 spiro atoms. The Morgan fingerprint density at radius 3 is 2.80 bits per heavy atom. The number of carboxylic acids is 1. The zero-order chi connectivity index (χ0) is 14.7. The van der Waals surface area contributed by atoms with Crippen LogP contribution in [-0.2, 0) is 9.53 Å². The van der Waals surface area contributed by atoms with E-state index >= 15 is 0 Å². The smallest absolute Gasteiger partial charge is 0.332 e.